The number of unbranched alkanes of at least 4 members (excludes halogenated alkanes) is 90. The van der Waals surface area contributed by atoms with E-state index in [1.807, 2.05) is 0 Å². The summed E-state index contributed by atoms with van der Waals surface area (Å²) in [6.45, 7) is 21.6. The Balaban J connectivity index is -0.000000806. The van der Waals surface area contributed by atoms with E-state index in [0.717, 1.165) is 0 Å². The standard InChI is InChI=1S/3C37H77P.BH3O3/c3*1-4-6-8-10-12-14-16-18-20-22-24-26-28-30-32-34-36-38(3)37-35-33-31-29-27-25-23-21-19-17-15-13-11-9-7-5-2;2-1(3)4/h3*4-37H2,1-3H3;2-4H. The van der Waals surface area contributed by atoms with Crippen LogP contribution in [-0.2, 0) is 0 Å². The van der Waals surface area contributed by atoms with E-state index in [0.29, 0.717) is 23.8 Å². The van der Waals surface area contributed by atoms with Gasteiger partial charge in [0.25, 0.3) is 0 Å². The molecule has 0 saturated carbocycles. The zero-order valence-corrected chi connectivity index (χ0v) is 87.1. The molecule has 0 aliphatic carbocycles. The molecule has 0 bridgehead atoms. The minimum absolute atomic E-state index is 0.334. The summed E-state index contributed by atoms with van der Waals surface area (Å²) in [6.07, 6.45) is 152. The van der Waals surface area contributed by atoms with Crippen LogP contribution in [0.1, 0.15) is 658 Å². The highest BCUT2D eigenvalue weighted by Crippen LogP contribution is 2.36. The lowest BCUT2D eigenvalue weighted by molar-refractivity contribution is 0.278. The van der Waals surface area contributed by atoms with Crippen molar-refractivity contribution in [3.63, 3.8) is 0 Å². The van der Waals surface area contributed by atoms with E-state index in [9.17, 15) is 0 Å². The lowest BCUT2D eigenvalue weighted by atomic mass is 10.0. The van der Waals surface area contributed by atoms with Crippen LogP contribution in [-0.4, -0.2) is 79.4 Å². The van der Waals surface area contributed by atoms with Crippen molar-refractivity contribution in [2.24, 2.45) is 0 Å². The molecule has 0 aliphatic rings. The maximum atomic E-state index is 7.17. The van der Waals surface area contributed by atoms with Crippen molar-refractivity contribution in [3.05, 3.63) is 0 Å². The van der Waals surface area contributed by atoms with Crippen LogP contribution >= 0.6 is 23.8 Å². The van der Waals surface area contributed by atoms with E-state index >= 15 is 0 Å². The average molecular weight is 1720 g/mol. The van der Waals surface area contributed by atoms with Gasteiger partial charge >= 0.3 is 7.32 Å². The maximum absolute atomic E-state index is 7.17. The zero-order valence-electron chi connectivity index (χ0n) is 84.4. The first-order valence-corrected chi connectivity index (χ1v) is 62.7. The van der Waals surface area contributed by atoms with Gasteiger partial charge in [0.1, 0.15) is 0 Å². The van der Waals surface area contributed by atoms with Gasteiger partial charge in [0.15, 0.2) is 0 Å². The monoisotopic (exact) mass is 1720 g/mol. The largest absolute Gasteiger partial charge is 0.631 e. The molecule has 7 heteroatoms. The quantitative estimate of drug-likeness (QED) is 0.0323. The Morgan fingerprint density at radius 1 is 0.110 bits per heavy atom. The molecular weight excluding hydrogens is 1480 g/mol. The van der Waals surface area contributed by atoms with Gasteiger partial charge in [0.05, 0.1) is 0 Å². The van der Waals surface area contributed by atoms with Gasteiger partial charge in [-0.2, -0.15) is 0 Å². The van der Waals surface area contributed by atoms with E-state index in [1.54, 1.807) is 37.0 Å². The molecule has 0 rings (SSSR count). The van der Waals surface area contributed by atoms with Crippen LogP contribution < -0.4 is 0 Å². The molecule has 0 aromatic heterocycles. The highest BCUT2D eigenvalue weighted by Gasteiger charge is 2.08. The number of hydrogen-bond donors (Lipinski definition) is 3. The van der Waals surface area contributed by atoms with Gasteiger partial charge in [-0.15, -0.1) is 23.8 Å². The predicted molar refractivity (Wildman–Crippen MR) is 557 cm³/mol. The van der Waals surface area contributed by atoms with Crippen LogP contribution in [0.4, 0.5) is 0 Å². The van der Waals surface area contributed by atoms with Crippen molar-refractivity contribution in [1.82, 2.24) is 0 Å². The lowest BCUT2D eigenvalue weighted by Crippen LogP contribution is -2.07. The topological polar surface area (TPSA) is 60.7 Å². The molecule has 0 unspecified atom stereocenters. The normalized spacial score (nSPS) is 11.5. The third kappa shape index (κ3) is 133. The van der Waals surface area contributed by atoms with Crippen LogP contribution in [0.15, 0.2) is 0 Å². The summed E-state index contributed by atoms with van der Waals surface area (Å²) in [7, 11) is -1.16. The molecule has 0 fully saturated rings. The van der Waals surface area contributed by atoms with Crippen LogP contribution in [0.25, 0.3) is 0 Å². The summed E-state index contributed by atoms with van der Waals surface area (Å²) in [5.41, 5.74) is 0. The van der Waals surface area contributed by atoms with E-state index in [-0.39, 0.29) is 0 Å². The molecule has 0 aromatic carbocycles. The van der Waals surface area contributed by atoms with Crippen molar-refractivity contribution < 1.29 is 15.1 Å². The predicted octanol–water partition coefficient (Wildman–Crippen LogP) is 41.8. The minimum atomic E-state index is -2.17. The first-order chi connectivity index (χ1) is 58.2. The van der Waals surface area contributed by atoms with Crippen molar-refractivity contribution in [2.45, 2.75) is 658 Å². The summed E-state index contributed by atoms with van der Waals surface area (Å²) in [4.78, 5) is 0. The third-order valence-corrected chi connectivity index (χ3v) is 32.8. The Labute approximate surface area is 756 Å². The highest BCUT2D eigenvalue weighted by atomic mass is 31.1. The van der Waals surface area contributed by atoms with Crippen molar-refractivity contribution in [1.29, 1.82) is 0 Å². The van der Waals surface area contributed by atoms with Gasteiger partial charge in [0, 0.05) is 0 Å². The lowest BCUT2D eigenvalue weighted by Gasteiger charge is -2.12. The smallest absolute Gasteiger partial charge is 0.402 e. The molecule has 0 heterocycles. The van der Waals surface area contributed by atoms with Crippen LogP contribution in [0.2, 0.25) is 0 Å². The van der Waals surface area contributed by atoms with E-state index in [1.165, 1.54) is 616 Å². The second kappa shape index (κ2) is 122. The molecule has 0 aliphatic heterocycles. The molecule has 118 heavy (non-hydrogen) atoms. The maximum Gasteiger partial charge on any atom is 0.631 e. The summed E-state index contributed by atoms with van der Waals surface area (Å²) >= 11 is 0. The molecule has 0 saturated heterocycles. The first kappa shape index (κ1) is 126. The summed E-state index contributed by atoms with van der Waals surface area (Å²) < 4.78 is 0. The molecule has 3 nitrogen and oxygen atoms in total. The third-order valence-electron chi connectivity index (χ3n) is 26.4. The molecule has 0 aromatic rings. The average Bonchev–Trinajstić information content (AvgIpc) is 1.11. The van der Waals surface area contributed by atoms with Crippen molar-refractivity contribution >= 4 is 31.1 Å². The molecular formula is C111H234BO3P3. The molecule has 3 N–H and O–H groups in total. The van der Waals surface area contributed by atoms with Crippen molar-refractivity contribution in [3.8, 4) is 0 Å². The minimum Gasteiger partial charge on any atom is -0.402 e. The summed E-state index contributed by atoms with van der Waals surface area (Å²) in [6, 6.07) is 0. The fourth-order valence-electron chi connectivity index (χ4n) is 17.9. The second-order valence-electron chi connectivity index (χ2n) is 39.1. The van der Waals surface area contributed by atoms with Gasteiger partial charge in [-0.05, 0) is 95.5 Å². The van der Waals surface area contributed by atoms with E-state index in [4.69, 9.17) is 15.1 Å². The van der Waals surface area contributed by atoms with Gasteiger partial charge in [-0.25, -0.2) is 0 Å². The van der Waals surface area contributed by atoms with E-state index in [2.05, 4.69) is 61.5 Å². The summed E-state index contributed by atoms with van der Waals surface area (Å²) in [5.74, 6) is 0. The Hall–Kier alpha value is 1.23. The van der Waals surface area contributed by atoms with Gasteiger partial charge in [-0.3, -0.25) is 0 Å². The second-order valence-corrected chi connectivity index (χ2v) is 46.9. The zero-order chi connectivity index (χ0) is 86.4. The first-order valence-electron chi connectivity index (χ1n) is 56.3. The Kier molecular flexibility index (Phi) is 130. The summed E-state index contributed by atoms with van der Waals surface area (Å²) in [5, 5.41) is 21.5. The molecule has 0 atom stereocenters. The number of rotatable bonds is 102. The van der Waals surface area contributed by atoms with Gasteiger partial charge in [0.2, 0.25) is 0 Å². The fourth-order valence-corrected chi connectivity index (χ4v) is 23.2. The Morgan fingerprint density at radius 2 is 0.161 bits per heavy atom. The Bertz CT molecular complexity index is 1320. The number of hydrogen-bond acceptors (Lipinski definition) is 3. The SMILES string of the molecule is CCCCCCCCCCCCCCCCCCP(C)CCCCCCCCCCCCCCCCCC.CCCCCCCCCCCCCCCCCCP(C)CCCCCCCCCCCCCCCCCC.CCCCCCCCCCCCCCCCCCP(C)CCCCCCCCCCCCCCCCCC.OB(O)O. The van der Waals surface area contributed by atoms with Gasteiger partial charge in [-0.1, -0.05) is 619 Å². The Morgan fingerprint density at radius 3 is 0.220 bits per heavy atom. The van der Waals surface area contributed by atoms with Crippen LogP contribution in [0.3, 0.4) is 0 Å². The molecule has 0 spiro atoms. The molecule has 714 valence electrons. The molecule has 0 amide bonds. The van der Waals surface area contributed by atoms with Gasteiger partial charge < -0.3 is 15.1 Å². The van der Waals surface area contributed by atoms with Crippen LogP contribution in [0, 0.1) is 0 Å². The van der Waals surface area contributed by atoms with Crippen LogP contribution in [0.5, 0.6) is 0 Å². The highest BCUT2D eigenvalue weighted by molar-refractivity contribution is 7.57. The fraction of sp³-hybridized carbons (Fsp3) is 1.00. The molecule has 0 radical (unpaired) electrons. The van der Waals surface area contributed by atoms with Crippen molar-refractivity contribution in [2.75, 3.05) is 57.0 Å². The van der Waals surface area contributed by atoms with E-state index < -0.39 is 7.32 Å².